The van der Waals surface area contributed by atoms with E-state index in [2.05, 4.69) is 5.32 Å². The molecule has 6 heteroatoms. The number of halogens is 1. The predicted molar refractivity (Wildman–Crippen MR) is 80.8 cm³/mol. The van der Waals surface area contributed by atoms with Crippen LogP contribution >= 0.6 is 0 Å². The quantitative estimate of drug-likeness (QED) is 0.817. The molecule has 1 atom stereocenters. The molecule has 1 aromatic rings. The molecule has 1 saturated heterocycles. The van der Waals surface area contributed by atoms with Crippen LogP contribution in [-0.4, -0.2) is 41.0 Å². The summed E-state index contributed by atoms with van der Waals surface area (Å²) in [6.45, 7) is 4.26. The first-order chi connectivity index (χ1) is 10.4. The van der Waals surface area contributed by atoms with Crippen molar-refractivity contribution in [2.24, 2.45) is 5.92 Å². The van der Waals surface area contributed by atoms with E-state index in [1.807, 2.05) is 0 Å². The predicted octanol–water partition coefficient (Wildman–Crippen LogP) is 1.69. The topological polar surface area (TPSA) is 69.6 Å². The highest BCUT2D eigenvalue weighted by Gasteiger charge is 2.28. The number of rotatable bonds is 2. The van der Waals surface area contributed by atoms with E-state index in [4.69, 9.17) is 0 Å². The fourth-order valence-electron chi connectivity index (χ4n) is 2.64. The van der Waals surface area contributed by atoms with Crippen LogP contribution in [0.15, 0.2) is 18.2 Å². The summed E-state index contributed by atoms with van der Waals surface area (Å²) in [4.78, 5) is 25.6. The number of anilines is 1. The number of carbonyl (C=O) groups excluding carboxylic acids is 2. The largest absolute Gasteiger partial charge is 0.393 e. The molecule has 5 nitrogen and oxygen atoms in total. The van der Waals surface area contributed by atoms with E-state index in [0.29, 0.717) is 37.2 Å². The molecule has 0 aromatic heterocycles. The number of piperidine rings is 1. The van der Waals surface area contributed by atoms with E-state index in [0.717, 1.165) is 0 Å². The first-order valence-electron chi connectivity index (χ1n) is 7.43. The van der Waals surface area contributed by atoms with Crippen molar-refractivity contribution in [2.75, 3.05) is 18.4 Å². The Morgan fingerprint density at radius 1 is 1.36 bits per heavy atom. The zero-order valence-corrected chi connectivity index (χ0v) is 12.8. The summed E-state index contributed by atoms with van der Waals surface area (Å²) >= 11 is 0. The molecule has 120 valence electrons. The van der Waals surface area contributed by atoms with Gasteiger partial charge in [-0.1, -0.05) is 0 Å². The van der Waals surface area contributed by atoms with Gasteiger partial charge in [0.25, 0.3) is 0 Å². The Hall–Kier alpha value is -1.95. The van der Waals surface area contributed by atoms with Gasteiger partial charge in [-0.25, -0.2) is 4.39 Å². The van der Waals surface area contributed by atoms with Crippen LogP contribution in [0, 0.1) is 18.7 Å². The third-order valence-electron chi connectivity index (χ3n) is 4.12. The van der Waals surface area contributed by atoms with Gasteiger partial charge in [0.2, 0.25) is 0 Å². The van der Waals surface area contributed by atoms with Crippen LogP contribution in [-0.2, 0) is 9.59 Å². The summed E-state index contributed by atoms with van der Waals surface area (Å²) in [5, 5.41) is 12.0. The number of nitrogens with one attached hydrogen (secondary N) is 1. The maximum atomic E-state index is 13.2. The Kier molecular flexibility index (Phi) is 5.13. The number of carbonyl (C=O) groups is 2. The summed E-state index contributed by atoms with van der Waals surface area (Å²) in [5.41, 5.74) is 0.805. The highest BCUT2D eigenvalue weighted by Crippen LogP contribution is 2.21. The van der Waals surface area contributed by atoms with Crippen molar-refractivity contribution >= 4 is 17.5 Å². The molecule has 1 fully saturated rings. The van der Waals surface area contributed by atoms with Gasteiger partial charge in [0.05, 0.1) is 6.10 Å². The van der Waals surface area contributed by atoms with Crippen LogP contribution in [0.3, 0.4) is 0 Å². The smallest absolute Gasteiger partial charge is 0.313 e. The first kappa shape index (κ1) is 16.4. The minimum absolute atomic E-state index is 0.173. The molecule has 0 radical (unpaired) electrons. The number of nitrogens with zero attached hydrogens (tertiary/aromatic N) is 1. The first-order valence-corrected chi connectivity index (χ1v) is 7.43. The number of amides is 2. The highest BCUT2D eigenvalue weighted by atomic mass is 19.1. The maximum absolute atomic E-state index is 13.2. The zero-order valence-electron chi connectivity index (χ0n) is 12.8. The van der Waals surface area contributed by atoms with Gasteiger partial charge in [-0.15, -0.1) is 0 Å². The highest BCUT2D eigenvalue weighted by molar-refractivity contribution is 6.39. The number of aliphatic hydroxyl groups is 1. The number of aliphatic hydroxyl groups excluding tert-OH is 1. The minimum Gasteiger partial charge on any atom is -0.393 e. The molecule has 1 unspecified atom stereocenters. The van der Waals surface area contributed by atoms with E-state index in [9.17, 15) is 19.1 Å². The number of hydrogen-bond donors (Lipinski definition) is 2. The fourth-order valence-corrected chi connectivity index (χ4v) is 2.64. The molecule has 0 spiro atoms. The standard InChI is InChI=1S/C16H21FN2O3/c1-10-9-13(3-4-14(10)17)18-15(21)16(22)19-7-5-12(6-8-19)11(2)20/h3-4,9,11-12,20H,5-8H2,1-2H3,(H,18,21). The fraction of sp³-hybridized carbons (Fsp3) is 0.500. The molecular weight excluding hydrogens is 287 g/mol. The van der Waals surface area contributed by atoms with Gasteiger partial charge < -0.3 is 15.3 Å². The van der Waals surface area contributed by atoms with Crippen LogP contribution in [0.25, 0.3) is 0 Å². The van der Waals surface area contributed by atoms with Crippen molar-refractivity contribution in [2.45, 2.75) is 32.8 Å². The second kappa shape index (κ2) is 6.87. The van der Waals surface area contributed by atoms with Gasteiger partial charge in [-0.3, -0.25) is 9.59 Å². The monoisotopic (exact) mass is 308 g/mol. The molecule has 1 heterocycles. The Morgan fingerprint density at radius 2 is 2.00 bits per heavy atom. The zero-order chi connectivity index (χ0) is 16.3. The number of benzene rings is 1. The Balaban J connectivity index is 1.92. The van der Waals surface area contributed by atoms with Crippen LogP contribution in [0.5, 0.6) is 0 Å². The van der Waals surface area contributed by atoms with Gasteiger partial charge >= 0.3 is 11.8 Å². The van der Waals surface area contributed by atoms with Gasteiger partial charge in [0.1, 0.15) is 5.82 Å². The molecule has 1 aromatic carbocycles. The van der Waals surface area contributed by atoms with Gasteiger partial charge in [0, 0.05) is 18.8 Å². The lowest BCUT2D eigenvalue weighted by Crippen LogP contribution is -2.45. The lowest BCUT2D eigenvalue weighted by atomic mass is 9.92. The Morgan fingerprint density at radius 3 is 2.55 bits per heavy atom. The van der Waals surface area contributed by atoms with Crippen molar-refractivity contribution in [3.8, 4) is 0 Å². The molecule has 2 N–H and O–H groups in total. The van der Waals surface area contributed by atoms with E-state index >= 15 is 0 Å². The number of aryl methyl sites for hydroxylation is 1. The summed E-state index contributed by atoms with van der Waals surface area (Å²) in [5.74, 6) is -1.50. The van der Waals surface area contributed by atoms with Crippen molar-refractivity contribution in [3.63, 3.8) is 0 Å². The van der Waals surface area contributed by atoms with Gasteiger partial charge in [-0.2, -0.15) is 0 Å². The summed E-state index contributed by atoms with van der Waals surface area (Å²) in [7, 11) is 0. The van der Waals surface area contributed by atoms with Crippen LogP contribution < -0.4 is 5.32 Å². The molecule has 22 heavy (non-hydrogen) atoms. The van der Waals surface area contributed by atoms with E-state index in [1.54, 1.807) is 13.8 Å². The summed E-state index contributed by atoms with van der Waals surface area (Å²) in [6, 6.07) is 4.16. The third-order valence-corrected chi connectivity index (χ3v) is 4.12. The molecule has 0 bridgehead atoms. The van der Waals surface area contributed by atoms with Crippen LogP contribution in [0.2, 0.25) is 0 Å². The van der Waals surface area contributed by atoms with Gasteiger partial charge in [0.15, 0.2) is 0 Å². The lowest BCUT2D eigenvalue weighted by Gasteiger charge is -2.32. The minimum atomic E-state index is -0.721. The van der Waals surface area contributed by atoms with Crippen LogP contribution in [0.4, 0.5) is 10.1 Å². The Bertz CT molecular complexity index is 567. The van der Waals surface area contributed by atoms with Gasteiger partial charge in [-0.05, 0) is 56.4 Å². The van der Waals surface area contributed by atoms with Crippen molar-refractivity contribution in [3.05, 3.63) is 29.6 Å². The number of likely N-dealkylation sites (tertiary alicyclic amines) is 1. The van der Waals surface area contributed by atoms with Crippen molar-refractivity contribution < 1.29 is 19.1 Å². The van der Waals surface area contributed by atoms with Crippen molar-refractivity contribution in [1.82, 2.24) is 4.90 Å². The van der Waals surface area contributed by atoms with E-state index < -0.39 is 17.9 Å². The second-order valence-electron chi connectivity index (χ2n) is 5.79. The average molecular weight is 308 g/mol. The van der Waals surface area contributed by atoms with E-state index in [-0.39, 0.29) is 11.7 Å². The van der Waals surface area contributed by atoms with Crippen LogP contribution in [0.1, 0.15) is 25.3 Å². The molecule has 1 aliphatic heterocycles. The molecule has 0 saturated carbocycles. The Labute approximate surface area is 129 Å². The van der Waals surface area contributed by atoms with E-state index in [1.165, 1.54) is 23.1 Å². The van der Waals surface area contributed by atoms with Crippen molar-refractivity contribution in [1.29, 1.82) is 0 Å². The molecule has 1 aliphatic rings. The summed E-state index contributed by atoms with van der Waals surface area (Å²) in [6.07, 6.45) is 0.979. The molecular formula is C16H21FN2O3. The lowest BCUT2D eigenvalue weighted by molar-refractivity contribution is -0.144. The molecule has 0 aliphatic carbocycles. The summed E-state index contributed by atoms with van der Waals surface area (Å²) < 4.78 is 13.2. The normalized spacial score (nSPS) is 17.2. The third kappa shape index (κ3) is 3.82. The average Bonchev–Trinajstić information content (AvgIpc) is 2.50. The second-order valence-corrected chi connectivity index (χ2v) is 5.79. The number of hydrogen-bond acceptors (Lipinski definition) is 3. The molecule has 2 rings (SSSR count). The maximum Gasteiger partial charge on any atom is 0.313 e. The SMILES string of the molecule is Cc1cc(NC(=O)C(=O)N2CCC(C(C)O)CC2)ccc1F. The molecule has 2 amide bonds.